The Bertz CT molecular complexity index is 440. The third-order valence-corrected chi connectivity index (χ3v) is 4.32. The monoisotopic (exact) mass is 299 g/mol. The van der Waals surface area contributed by atoms with E-state index in [0.717, 1.165) is 0 Å². The van der Waals surface area contributed by atoms with Crippen molar-refractivity contribution in [3.8, 4) is 0 Å². The van der Waals surface area contributed by atoms with Crippen LogP contribution in [0.3, 0.4) is 0 Å². The maximum Gasteiger partial charge on any atom is 0.410 e. The van der Waals surface area contributed by atoms with E-state index in [-0.39, 0.29) is 23.5 Å². The minimum Gasteiger partial charge on any atom is -0.481 e. The lowest BCUT2D eigenvalue weighted by Crippen LogP contribution is -2.48. The maximum absolute atomic E-state index is 12.1. The Hall–Kier alpha value is -1.30. The second-order valence-corrected chi connectivity index (χ2v) is 7.50. The van der Waals surface area contributed by atoms with E-state index in [9.17, 15) is 14.7 Å². The topological polar surface area (TPSA) is 76.1 Å². The molecule has 1 amide bonds. The van der Waals surface area contributed by atoms with Crippen molar-refractivity contribution in [2.24, 2.45) is 17.3 Å². The van der Waals surface area contributed by atoms with E-state index in [0.29, 0.717) is 19.7 Å². The van der Waals surface area contributed by atoms with E-state index in [1.165, 1.54) is 0 Å². The molecule has 1 saturated heterocycles. The van der Waals surface area contributed by atoms with Gasteiger partial charge in [0, 0.05) is 12.5 Å². The van der Waals surface area contributed by atoms with Crippen molar-refractivity contribution >= 4 is 12.1 Å². The molecule has 1 N–H and O–H groups in total. The van der Waals surface area contributed by atoms with Crippen LogP contribution in [0.25, 0.3) is 0 Å². The molecule has 0 aromatic carbocycles. The normalized spacial score (nSPS) is 31.7. The summed E-state index contributed by atoms with van der Waals surface area (Å²) >= 11 is 0. The van der Waals surface area contributed by atoms with Gasteiger partial charge in [0.05, 0.1) is 25.2 Å². The van der Waals surface area contributed by atoms with Gasteiger partial charge >= 0.3 is 12.1 Å². The molecule has 1 aliphatic heterocycles. The lowest BCUT2D eigenvalue weighted by molar-refractivity contribution is -0.140. The number of morpholine rings is 1. The first kappa shape index (κ1) is 16.1. The fourth-order valence-corrected chi connectivity index (χ4v) is 3.23. The Morgan fingerprint density at radius 1 is 1.33 bits per heavy atom. The summed E-state index contributed by atoms with van der Waals surface area (Å²) < 4.78 is 11.1. The number of rotatable bonds is 2. The van der Waals surface area contributed by atoms with Crippen LogP contribution in [-0.4, -0.2) is 53.5 Å². The van der Waals surface area contributed by atoms with Crippen LogP contribution in [0.1, 0.15) is 34.6 Å². The van der Waals surface area contributed by atoms with Gasteiger partial charge in [-0.3, -0.25) is 4.79 Å². The van der Waals surface area contributed by atoms with E-state index in [4.69, 9.17) is 9.47 Å². The highest BCUT2D eigenvalue weighted by molar-refractivity contribution is 5.75. The van der Waals surface area contributed by atoms with Crippen molar-refractivity contribution < 1.29 is 24.2 Å². The lowest BCUT2D eigenvalue weighted by atomic mass is 10.0. The predicted molar refractivity (Wildman–Crippen MR) is 75.9 cm³/mol. The third kappa shape index (κ3) is 3.31. The van der Waals surface area contributed by atoms with Crippen molar-refractivity contribution in [3.05, 3.63) is 0 Å². The third-order valence-electron chi connectivity index (χ3n) is 4.32. The molecule has 1 aliphatic carbocycles. The lowest BCUT2D eigenvalue weighted by Gasteiger charge is -2.34. The van der Waals surface area contributed by atoms with E-state index < -0.39 is 17.5 Å². The average molecular weight is 299 g/mol. The molecule has 6 heteroatoms. The number of hydrogen-bond donors (Lipinski definition) is 1. The summed E-state index contributed by atoms with van der Waals surface area (Å²) in [6, 6.07) is 0. The molecule has 0 aromatic heterocycles. The number of aliphatic carboxylic acids is 1. The molecule has 1 saturated carbocycles. The van der Waals surface area contributed by atoms with Crippen molar-refractivity contribution in [2.45, 2.75) is 46.3 Å². The number of carboxylic acid groups (broad SMARTS) is 1. The molecule has 2 rings (SSSR count). The van der Waals surface area contributed by atoms with E-state index >= 15 is 0 Å². The molecular weight excluding hydrogens is 274 g/mol. The average Bonchev–Trinajstić information content (AvgIpc) is 2.90. The van der Waals surface area contributed by atoms with Gasteiger partial charge in [-0.15, -0.1) is 0 Å². The molecule has 2 fully saturated rings. The molecule has 0 aromatic rings. The molecule has 6 nitrogen and oxygen atoms in total. The van der Waals surface area contributed by atoms with Crippen molar-refractivity contribution in [1.29, 1.82) is 0 Å². The van der Waals surface area contributed by atoms with Crippen LogP contribution in [0.5, 0.6) is 0 Å². The summed E-state index contributed by atoms with van der Waals surface area (Å²) in [7, 11) is 0. The molecule has 0 spiro atoms. The Morgan fingerprint density at radius 2 is 1.95 bits per heavy atom. The Balaban J connectivity index is 1.99. The van der Waals surface area contributed by atoms with Gasteiger partial charge in [0.1, 0.15) is 5.60 Å². The summed E-state index contributed by atoms with van der Waals surface area (Å²) in [6.45, 7) is 10.7. The molecule has 0 bridgehead atoms. The fourth-order valence-electron chi connectivity index (χ4n) is 3.23. The smallest absolute Gasteiger partial charge is 0.410 e. The zero-order chi connectivity index (χ0) is 16.0. The van der Waals surface area contributed by atoms with Crippen LogP contribution in [0.15, 0.2) is 0 Å². The number of ether oxygens (including phenoxy) is 2. The van der Waals surface area contributed by atoms with Crippen molar-refractivity contribution in [3.63, 3.8) is 0 Å². The quantitative estimate of drug-likeness (QED) is 0.843. The van der Waals surface area contributed by atoms with Crippen molar-refractivity contribution in [1.82, 2.24) is 4.90 Å². The molecule has 3 atom stereocenters. The highest BCUT2D eigenvalue weighted by Gasteiger charge is 2.65. The van der Waals surface area contributed by atoms with Crippen LogP contribution in [0, 0.1) is 17.3 Å². The Morgan fingerprint density at radius 3 is 2.43 bits per heavy atom. The van der Waals surface area contributed by atoms with E-state index in [1.807, 2.05) is 34.6 Å². The first-order valence-corrected chi connectivity index (χ1v) is 7.36. The number of carboxylic acids is 1. The van der Waals surface area contributed by atoms with Crippen LogP contribution in [-0.2, 0) is 14.3 Å². The predicted octanol–water partition coefficient (Wildman–Crippen LogP) is 1.98. The van der Waals surface area contributed by atoms with Gasteiger partial charge in [-0.25, -0.2) is 4.79 Å². The van der Waals surface area contributed by atoms with Gasteiger partial charge in [-0.05, 0) is 26.2 Å². The maximum atomic E-state index is 12.1. The molecular formula is C15H25NO5. The minimum absolute atomic E-state index is 0.0553. The molecule has 2 aliphatic rings. The number of carbonyl (C=O) groups is 2. The van der Waals surface area contributed by atoms with Crippen molar-refractivity contribution in [2.75, 3.05) is 19.7 Å². The number of nitrogens with zero attached hydrogens (tertiary/aromatic N) is 1. The zero-order valence-electron chi connectivity index (χ0n) is 13.4. The first-order chi connectivity index (χ1) is 9.54. The second-order valence-electron chi connectivity index (χ2n) is 7.50. The summed E-state index contributed by atoms with van der Waals surface area (Å²) in [5, 5.41) is 9.26. The zero-order valence-corrected chi connectivity index (χ0v) is 13.4. The van der Waals surface area contributed by atoms with Gasteiger partial charge in [-0.2, -0.15) is 0 Å². The SMILES string of the molecule is CC(C)(C)OC(=O)N1CCOC([C@H]2[C@H](C(=O)O)C2(C)C)C1. The number of hydrogen-bond acceptors (Lipinski definition) is 4. The van der Waals surface area contributed by atoms with Gasteiger partial charge in [0.25, 0.3) is 0 Å². The Kier molecular flexibility index (Phi) is 3.95. The van der Waals surface area contributed by atoms with Gasteiger partial charge in [0.2, 0.25) is 0 Å². The highest BCUT2D eigenvalue weighted by Crippen LogP contribution is 2.60. The number of amides is 1. The standard InChI is InChI=1S/C15H25NO5/c1-14(2,3)21-13(19)16-6-7-20-9(8-16)10-11(12(17)18)15(10,4)5/h9-11H,6-8H2,1-5H3,(H,17,18)/t9?,10-,11+/m0/s1. The van der Waals surface area contributed by atoms with Crippen LogP contribution in [0.2, 0.25) is 0 Å². The fraction of sp³-hybridized carbons (Fsp3) is 0.867. The van der Waals surface area contributed by atoms with Gasteiger partial charge in [0.15, 0.2) is 0 Å². The van der Waals surface area contributed by atoms with E-state index in [2.05, 4.69) is 0 Å². The summed E-state index contributed by atoms with van der Waals surface area (Å²) in [4.78, 5) is 25.0. The van der Waals surface area contributed by atoms with Crippen LogP contribution >= 0.6 is 0 Å². The largest absolute Gasteiger partial charge is 0.481 e. The molecule has 21 heavy (non-hydrogen) atoms. The molecule has 120 valence electrons. The summed E-state index contributed by atoms with van der Waals surface area (Å²) in [5.74, 6) is -1.25. The first-order valence-electron chi connectivity index (χ1n) is 7.36. The van der Waals surface area contributed by atoms with E-state index in [1.54, 1.807) is 4.90 Å². The second kappa shape index (κ2) is 5.16. The number of carbonyl (C=O) groups excluding carboxylic acids is 1. The molecule has 1 unspecified atom stereocenters. The molecule has 1 heterocycles. The van der Waals surface area contributed by atoms with Crippen LogP contribution in [0.4, 0.5) is 4.79 Å². The minimum atomic E-state index is -0.789. The Labute approximate surface area is 125 Å². The summed E-state index contributed by atoms with van der Waals surface area (Å²) in [5.41, 5.74) is -0.819. The molecule has 0 radical (unpaired) electrons. The van der Waals surface area contributed by atoms with Gasteiger partial charge < -0.3 is 19.5 Å². The highest BCUT2D eigenvalue weighted by atomic mass is 16.6. The van der Waals surface area contributed by atoms with Gasteiger partial charge in [-0.1, -0.05) is 13.8 Å². The van der Waals surface area contributed by atoms with Crippen LogP contribution < -0.4 is 0 Å². The summed E-state index contributed by atoms with van der Waals surface area (Å²) in [6.07, 6.45) is -0.594.